The zero-order valence-corrected chi connectivity index (χ0v) is 22.2. The number of hydrogen-bond donors (Lipinski definition) is 0. The maximum atomic E-state index is 13.0. The number of amides is 2. The average molecular weight is 532 g/mol. The normalized spacial score (nSPS) is 14.1. The summed E-state index contributed by atoms with van der Waals surface area (Å²) < 4.78 is 22.8. The summed E-state index contributed by atoms with van der Waals surface area (Å²) >= 11 is 0.901. The van der Waals surface area contributed by atoms with Gasteiger partial charge in [0.15, 0.2) is 23.0 Å². The van der Waals surface area contributed by atoms with E-state index in [0.29, 0.717) is 40.9 Å². The maximum Gasteiger partial charge on any atom is 0.293 e. The predicted molar refractivity (Wildman–Crippen MR) is 149 cm³/mol. The Morgan fingerprint density at radius 3 is 2.32 bits per heavy atom. The van der Waals surface area contributed by atoms with Crippen molar-refractivity contribution in [3.8, 4) is 23.0 Å². The van der Waals surface area contributed by atoms with Crippen molar-refractivity contribution in [2.24, 2.45) is 0 Å². The van der Waals surface area contributed by atoms with Gasteiger partial charge in [-0.15, -0.1) is 6.58 Å². The van der Waals surface area contributed by atoms with E-state index in [-0.39, 0.29) is 24.3 Å². The molecule has 0 atom stereocenters. The number of carbonyl (C=O) groups is 2. The average Bonchev–Trinajstić information content (AvgIpc) is 3.20. The van der Waals surface area contributed by atoms with Gasteiger partial charge in [-0.2, -0.15) is 0 Å². The van der Waals surface area contributed by atoms with E-state index in [9.17, 15) is 9.59 Å². The molecule has 7 nitrogen and oxygen atoms in total. The summed E-state index contributed by atoms with van der Waals surface area (Å²) in [6.07, 6.45) is 4.02. The Hall–Kier alpha value is -4.17. The number of hydrogen-bond acceptors (Lipinski definition) is 7. The number of carbonyl (C=O) groups excluding carboxylic acids is 2. The Balaban J connectivity index is 1.49. The number of ether oxygens (including phenoxy) is 4. The van der Waals surface area contributed by atoms with Gasteiger partial charge < -0.3 is 18.9 Å². The van der Waals surface area contributed by atoms with Crippen LogP contribution in [0, 0.1) is 0 Å². The highest BCUT2D eigenvalue weighted by Crippen LogP contribution is 2.37. The van der Waals surface area contributed by atoms with E-state index in [2.05, 4.69) is 6.58 Å². The quantitative estimate of drug-likeness (QED) is 0.206. The molecule has 1 aliphatic heterocycles. The largest absolute Gasteiger partial charge is 0.493 e. The minimum absolute atomic E-state index is 0.122. The molecule has 2 amide bonds. The molecule has 1 aliphatic rings. The summed E-state index contributed by atoms with van der Waals surface area (Å²) in [7, 11) is 3.13. The standard InChI is InChI=1S/C30H29NO6S/c1-4-10-23-17-22(18-26(35-3)28(23)37-20-21-11-6-5-7-12-21)19-27-29(32)31(30(33)38-27)15-16-36-25-14-9-8-13-24(25)34-2/h4-9,11-14,17-19H,1,10,15-16,20H2,2-3H3/b27-19-. The molecule has 0 radical (unpaired) electrons. The third kappa shape index (κ3) is 6.39. The van der Waals surface area contributed by atoms with Crippen molar-refractivity contribution in [2.45, 2.75) is 13.0 Å². The van der Waals surface area contributed by atoms with Gasteiger partial charge in [0.25, 0.3) is 11.1 Å². The van der Waals surface area contributed by atoms with Crippen LogP contribution in [0.1, 0.15) is 16.7 Å². The molecule has 1 saturated heterocycles. The zero-order valence-electron chi connectivity index (χ0n) is 21.3. The minimum atomic E-state index is -0.364. The molecule has 1 fully saturated rings. The van der Waals surface area contributed by atoms with Gasteiger partial charge in [0.1, 0.15) is 13.2 Å². The monoisotopic (exact) mass is 531 g/mol. The Labute approximate surface area is 226 Å². The minimum Gasteiger partial charge on any atom is -0.493 e. The van der Waals surface area contributed by atoms with Crippen LogP contribution in [0.2, 0.25) is 0 Å². The Morgan fingerprint density at radius 1 is 0.895 bits per heavy atom. The Bertz CT molecular complexity index is 1340. The molecule has 4 rings (SSSR count). The highest BCUT2D eigenvalue weighted by Gasteiger charge is 2.35. The number of imide groups is 1. The van der Waals surface area contributed by atoms with Crippen LogP contribution in [0.5, 0.6) is 23.0 Å². The number of para-hydroxylation sites is 2. The molecule has 0 bridgehead atoms. The first kappa shape index (κ1) is 26.9. The van der Waals surface area contributed by atoms with Crippen molar-refractivity contribution >= 4 is 29.0 Å². The highest BCUT2D eigenvalue weighted by molar-refractivity contribution is 8.18. The van der Waals surface area contributed by atoms with Gasteiger partial charge >= 0.3 is 0 Å². The molecule has 0 aromatic heterocycles. The molecule has 0 N–H and O–H groups in total. The van der Waals surface area contributed by atoms with Gasteiger partial charge in [-0.3, -0.25) is 14.5 Å². The molecular weight excluding hydrogens is 502 g/mol. The van der Waals surface area contributed by atoms with Crippen LogP contribution in [-0.2, 0) is 17.8 Å². The molecule has 3 aromatic rings. The fourth-order valence-electron chi connectivity index (χ4n) is 3.95. The lowest BCUT2D eigenvalue weighted by molar-refractivity contribution is -0.123. The molecule has 0 aliphatic carbocycles. The maximum absolute atomic E-state index is 13.0. The van der Waals surface area contributed by atoms with Crippen LogP contribution in [0.4, 0.5) is 4.79 Å². The van der Waals surface area contributed by atoms with Crippen LogP contribution < -0.4 is 18.9 Å². The summed E-state index contributed by atoms with van der Waals surface area (Å²) in [6.45, 7) is 4.51. The second kappa shape index (κ2) is 12.9. The number of rotatable bonds is 12. The van der Waals surface area contributed by atoms with Crippen LogP contribution in [0.25, 0.3) is 6.08 Å². The van der Waals surface area contributed by atoms with Gasteiger partial charge in [-0.25, -0.2) is 0 Å². The van der Waals surface area contributed by atoms with Crippen LogP contribution in [0.3, 0.4) is 0 Å². The van der Waals surface area contributed by atoms with Crippen molar-refractivity contribution in [1.29, 1.82) is 0 Å². The first-order chi connectivity index (χ1) is 18.5. The molecule has 1 heterocycles. The number of benzene rings is 3. The molecule has 196 valence electrons. The van der Waals surface area contributed by atoms with Crippen LogP contribution in [0.15, 0.2) is 84.3 Å². The first-order valence-electron chi connectivity index (χ1n) is 12.0. The summed E-state index contributed by atoms with van der Waals surface area (Å²) in [5, 5.41) is -0.342. The zero-order chi connectivity index (χ0) is 26.9. The molecule has 38 heavy (non-hydrogen) atoms. The third-order valence-corrected chi connectivity index (χ3v) is 6.68. The van der Waals surface area contributed by atoms with Gasteiger partial charge in [0.2, 0.25) is 0 Å². The van der Waals surface area contributed by atoms with E-state index in [0.717, 1.165) is 28.5 Å². The van der Waals surface area contributed by atoms with Crippen molar-refractivity contribution < 1.29 is 28.5 Å². The molecule has 0 saturated carbocycles. The molecule has 3 aromatic carbocycles. The predicted octanol–water partition coefficient (Wildman–Crippen LogP) is 6.13. The van der Waals surface area contributed by atoms with E-state index >= 15 is 0 Å². The lowest BCUT2D eigenvalue weighted by atomic mass is 10.0. The van der Waals surface area contributed by atoms with Gasteiger partial charge in [-0.1, -0.05) is 48.5 Å². The molecule has 0 spiro atoms. The van der Waals surface area contributed by atoms with Crippen molar-refractivity contribution in [3.05, 3.63) is 101 Å². The van der Waals surface area contributed by atoms with Crippen molar-refractivity contribution in [1.82, 2.24) is 4.90 Å². The van der Waals surface area contributed by atoms with E-state index in [1.807, 2.05) is 48.5 Å². The SMILES string of the molecule is C=CCc1cc(/C=C2\SC(=O)N(CCOc3ccccc3OC)C2=O)cc(OC)c1OCc1ccccc1. The first-order valence-corrected chi connectivity index (χ1v) is 12.9. The lowest BCUT2D eigenvalue weighted by Crippen LogP contribution is -2.32. The summed E-state index contributed by atoms with van der Waals surface area (Å²) in [5.74, 6) is 1.93. The number of methoxy groups -OCH3 is 2. The number of allylic oxidation sites excluding steroid dienone is 1. The highest BCUT2D eigenvalue weighted by atomic mass is 32.2. The van der Waals surface area contributed by atoms with Gasteiger partial charge in [0.05, 0.1) is 25.7 Å². The van der Waals surface area contributed by atoms with Crippen LogP contribution >= 0.6 is 11.8 Å². The third-order valence-electron chi connectivity index (χ3n) is 5.78. The van der Waals surface area contributed by atoms with Crippen LogP contribution in [-0.4, -0.2) is 43.4 Å². The lowest BCUT2D eigenvalue weighted by Gasteiger charge is -2.16. The van der Waals surface area contributed by atoms with Crippen molar-refractivity contribution in [3.63, 3.8) is 0 Å². The van der Waals surface area contributed by atoms with E-state index in [4.69, 9.17) is 18.9 Å². The van der Waals surface area contributed by atoms with Crippen molar-refractivity contribution in [2.75, 3.05) is 27.4 Å². The Morgan fingerprint density at radius 2 is 1.61 bits per heavy atom. The van der Waals surface area contributed by atoms with E-state index < -0.39 is 0 Å². The number of thioether (sulfide) groups is 1. The smallest absolute Gasteiger partial charge is 0.293 e. The molecule has 0 unspecified atom stereocenters. The van der Waals surface area contributed by atoms with E-state index in [1.54, 1.807) is 44.6 Å². The second-order valence-electron chi connectivity index (χ2n) is 8.31. The summed E-state index contributed by atoms with van der Waals surface area (Å²) in [5.41, 5.74) is 2.62. The summed E-state index contributed by atoms with van der Waals surface area (Å²) in [6, 6.07) is 20.8. The molecular formula is C30H29NO6S. The van der Waals surface area contributed by atoms with Gasteiger partial charge in [0, 0.05) is 5.56 Å². The molecule has 8 heteroatoms. The summed E-state index contributed by atoms with van der Waals surface area (Å²) in [4.78, 5) is 27.2. The fraction of sp³-hybridized carbons (Fsp3) is 0.200. The van der Waals surface area contributed by atoms with Gasteiger partial charge in [-0.05, 0) is 59.7 Å². The second-order valence-corrected chi connectivity index (χ2v) is 9.30. The topological polar surface area (TPSA) is 74.3 Å². The van der Waals surface area contributed by atoms with E-state index in [1.165, 1.54) is 4.90 Å². The fourth-order valence-corrected chi connectivity index (χ4v) is 4.81. The Kier molecular flexibility index (Phi) is 9.11. The number of nitrogens with zero attached hydrogens (tertiary/aromatic N) is 1.